The van der Waals surface area contributed by atoms with Crippen LogP contribution in [0.1, 0.15) is 19.4 Å². The quantitative estimate of drug-likeness (QED) is 0.781. The second-order valence-electron chi connectivity index (χ2n) is 6.67. The number of aliphatic hydroxyl groups excluding tert-OH is 1. The number of nitrogens with one attached hydrogen (secondary N) is 1. The third-order valence-electron chi connectivity index (χ3n) is 3.87. The topological polar surface area (TPSA) is 57.6 Å². The van der Waals surface area contributed by atoms with Gasteiger partial charge < -0.3 is 20.1 Å². The number of aliphatic hydroxyl groups is 1. The van der Waals surface area contributed by atoms with Gasteiger partial charge in [-0.3, -0.25) is 0 Å². The second kappa shape index (κ2) is 7.78. The van der Waals surface area contributed by atoms with Gasteiger partial charge in [-0.2, -0.15) is 0 Å². The van der Waals surface area contributed by atoms with Crippen molar-refractivity contribution < 1.29 is 9.84 Å². The average Bonchev–Trinajstić information content (AvgIpc) is 2.98. The smallest absolute Gasteiger partial charge is 0.126 e. The van der Waals surface area contributed by atoms with Crippen LogP contribution < -0.4 is 10.1 Å². The Hall–Kier alpha value is -1.89. The SMILES string of the molecule is CN1CNC(c2ccc(OC(C)(C)CO)cc2)=C1Sc1ccc(Cl)cn1. The summed E-state index contributed by atoms with van der Waals surface area (Å²) >= 11 is 7.52. The van der Waals surface area contributed by atoms with E-state index in [0.717, 1.165) is 33.7 Å². The third-order valence-corrected chi connectivity index (χ3v) is 5.26. The molecule has 0 atom stereocenters. The standard InChI is InChI=1S/C19H22ClN3O2S/c1-19(2,11-24)25-15-7-4-13(5-8-15)17-18(23(3)12-22-17)26-16-9-6-14(20)10-21-16/h4-10,22,24H,11-12H2,1-3H3. The molecule has 2 heterocycles. The van der Waals surface area contributed by atoms with Gasteiger partial charge in [0.2, 0.25) is 0 Å². The monoisotopic (exact) mass is 391 g/mol. The predicted molar refractivity (Wildman–Crippen MR) is 106 cm³/mol. The summed E-state index contributed by atoms with van der Waals surface area (Å²) in [5, 5.41) is 15.4. The maximum absolute atomic E-state index is 9.34. The lowest BCUT2D eigenvalue weighted by molar-refractivity contribution is 0.0412. The van der Waals surface area contributed by atoms with Crippen LogP contribution in [0.25, 0.3) is 5.70 Å². The highest BCUT2D eigenvalue weighted by Gasteiger charge is 2.22. The molecule has 0 saturated carbocycles. The van der Waals surface area contributed by atoms with Crippen molar-refractivity contribution in [1.82, 2.24) is 15.2 Å². The molecule has 138 valence electrons. The van der Waals surface area contributed by atoms with Crippen LogP contribution in [0.15, 0.2) is 52.7 Å². The minimum absolute atomic E-state index is 0.0405. The lowest BCUT2D eigenvalue weighted by atomic mass is 10.1. The van der Waals surface area contributed by atoms with Gasteiger partial charge in [-0.15, -0.1) is 0 Å². The number of aromatic nitrogens is 1. The highest BCUT2D eigenvalue weighted by Crippen LogP contribution is 2.36. The van der Waals surface area contributed by atoms with Gasteiger partial charge in [0.15, 0.2) is 0 Å². The zero-order valence-corrected chi connectivity index (χ0v) is 16.6. The Morgan fingerprint density at radius 3 is 2.62 bits per heavy atom. The van der Waals surface area contributed by atoms with E-state index in [0.29, 0.717) is 5.02 Å². The maximum Gasteiger partial charge on any atom is 0.126 e. The summed E-state index contributed by atoms with van der Waals surface area (Å²) < 4.78 is 5.80. The van der Waals surface area contributed by atoms with Crippen LogP contribution in [-0.2, 0) is 0 Å². The van der Waals surface area contributed by atoms with E-state index in [1.54, 1.807) is 18.0 Å². The number of rotatable bonds is 6. The van der Waals surface area contributed by atoms with Crippen molar-refractivity contribution >= 4 is 29.1 Å². The van der Waals surface area contributed by atoms with E-state index >= 15 is 0 Å². The van der Waals surface area contributed by atoms with Gasteiger partial charge in [0, 0.05) is 18.8 Å². The van der Waals surface area contributed by atoms with Crippen LogP contribution in [0.5, 0.6) is 5.75 Å². The van der Waals surface area contributed by atoms with Crippen molar-refractivity contribution in [3.05, 3.63) is 58.2 Å². The Morgan fingerprint density at radius 2 is 2.00 bits per heavy atom. The van der Waals surface area contributed by atoms with Crippen molar-refractivity contribution in [2.24, 2.45) is 0 Å². The van der Waals surface area contributed by atoms with E-state index in [-0.39, 0.29) is 6.61 Å². The number of hydrogen-bond acceptors (Lipinski definition) is 6. The first kappa shape index (κ1) is 18.9. The molecule has 0 aliphatic carbocycles. The number of thioether (sulfide) groups is 1. The molecule has 3 rings (SSSR count). The van der Waals surface area contributed by atoms with Crippen molar-refractivity contribution in [1.29, 1.82) is 0 Å². The van der Waals surface area contributed by atoms with E-state index in [1.165, 1.54) is 0 Å². The number of hydrogen-bond donors (Lipinski definition) is 2. The molecule has 0 bridgehead atoms. The van der Waals surface area contributed by atoms with Crippen LogP contribution >= 0.6 is 23.4 Å². The lowest BCUT2D eigenvalue weighted by Gasteiger charge is -2.24. The zero-order chi connectivity index (χ0) is 18.7. The largest absolute Gasteiger partial charge is 0.485 e. The number of pyridine rings is 1. The van der Waals surface area contributed by atoms with Gasteiger partial charge in [-0.25, -0.2) is 4.98 Å². The lowest BCUT2D eigenvalue weighted by Crippen LogP contribution is -2.32. The Kier molecular flexibility index (Phi) is 5.65. The maximum atomic E-state index is 9.34. The molecule has 26 heavy (non-hydrogen) atoms. The minimum Gasteiger partial charge on any atom is -0.485 e. The fraction of sp³-hybridized carbons (Fsp3) is 0.316. The average molecular weight is 392 g/mol. The number of nitrogens with zero attached hydrogens (tertiary/aromatic N) is 2. The molecule has 2 aromatic rings. The van der Waals surface area contributed by atoms with Gasteiger partial charge >= 0.3 is 0 Å². The van der Waals surface area contributed by atoms with Crippen LogP contribution in [0, 0.1) is 0 Å². The van der Waals surface area contributed by atoms with Crippen molar-refractivity contribution in [3.8, 4) is 5.75 Å². The summed E-state index contributed by atoms with van der Waals surface area (Å²) in [4.78, 5) is 6.52. The van der Waals surface area contributed by atoms with Crippen LogP contribution in [-0.4, -0.2) is 40.9 Å². The first-order valence-electron chi connectivity index (χ1n) is 8.27. The number of benzene rings is 1. The van der Waals surface area contributed by atoms with Crippen molar-refractivity contribution in [2.45, 2.75) is 24.5 Å². The molecule has 0 amide bonds. The van der Waals surface area contributed by atoms with Crippen LogP contribution in [0.3, 0.4) is 0 Å². The second-order valence-corrected chi connectivity index (χ2v) is 8.12. The fourth-order valence-corrected chi connectivity index (χ4v) is 3.52. The highest BCUT2D eigenvalue weighted by atomic mass is 35.5. The Balaban J connectivity index is 1.83. The first-order valence-corrected chi connectivity index (χ1v) is 9.46. The molecular weight excluding hydrogens is 370 g/mol. The normalized spacial score (nSPS) is 14.6. The summed E-state index contributed by atoms with van der Waals surface area (Å²) in [5.41, 5.74) is 1.52. The molecule has 0 spiro atoms. The summed E-state index contributed by atoms with van der Waals surface area (Å²) in [6.45, 7) is 4.40. The third kappa shape index (κ3) is 4.44. The number of halogens is 1. The first-order chi connectivity index (χ1) is 12.4. The van der Waals surface area contributed by atoms with Crippen molar-refractivity contribution in [3.63, 3.8) is 0 Å². The molecule has 7 heteroatoms. The van der Waals surface area contributed by atoms with E-state index in [9.17, 15) is 5.11 Å². The van der Waals surface area contributed by atoms with Gasteiger partial charge in [0.25, 0.3) is 0 Å². The predicted octanol–water partition coefficient (Wildman–Crippen LogP) is 3.80. The fourth-order valence-electron chi connectivity index (χ4n) is 2.45. The molecular formula is C19H22ClN3O2S. The zero-order valence-electron chi connectivity index (χ0n) is 15.0. The summed E-state index contributed by atoms with van der Waals surface area (Å²) in [6, 6.07) is 11.6. The van der Waals surface area contributed by atoms with Crippen LogP contribution in [0.2, 0.25) is 5.02 Å². The molecule has 0 radical (unpaired) electrons. The van der Waals surface area contributed by atoms with Gasteiger partial charge in [0.05, 0.1) is 24.0 Å². The van der Waals surface area contributed by atoms with Crippen molar-refractivity contribution in [2.75, 3.05) is 20.3 Å². The van der Waals surface area contributed by atoms with Gasteiger partial charge in [-0.1, -0.05) is 23.4 Å². The van der Waals surface area contributed by atoms with Crippen LogP contribution in [0.4, 0.5) is 0 Å². The molecule has 0 fully saturated rings. The van der Waals surface area contributed by atoms with E-state index < -0.39 is 5.60 Å². The van der Waals surface area contributed by atoms with Gasteiger partial charge in [0.1, 0.15) is 21.4 Å². The number of ether oxygens (including phenoxy) is 1. The Bertz CT molecular complexity index is 791. The van der Waals surface area contributed by atoms with E-state index in [2.05, 4.69) is 15.2 Å². The molecule has 5 nitrogen and oxygen atoms in total. The van der Waals surface area contributed by atoms with E-state index in [4.69, 9.17) is 16.3 Å². The summed E-state index contributed by atoms with van der Waals surface area (Å²) in [5.74, 6) is 0.730. The molecule has 1 aromatic carbocycles. The molecule has 1 aromatic heterocycles. The Morgan fingerprint density at radius 1 is 1.27 bits per heavy atom. The minimum atomic E-state index is -0.603. The van der Waals surface area contributed by atoms with E-state index in [1.807, 2.05) is 57.3 Å². The molecule has 0 saturated heterocycles. The Labute approximate surface area is 163 Å². The molecule has 2 N–H and O–H groups in total. The van der Waals surface area contributed by atoms with Gasteiger partial charge in [-0.05, 0) is 50.2 Å². The summed E-state index contributed by atoms with van der Waals surface area (Å²) in [6.07, 6.45) is 1.65. The molecule has 1 aliphatic rings. The molecule has 1 aliphatic heterocycles. The summed E-state index contributed by atoms with van der Waals surface area (Å²) in [7, 11) is 2.04. The molecule has 0 unspecified atom stereocenters. The highest BCUT2D eigenvalue weighted by molar-refractivity contribution is 8.03.